The third-order valence-electron chi connectivity index (χ3n) is 3.88. The van der Waals surface area contributed by atoms with Crippen molar-refractivity contribution >= 4 is 27.7 Å². The van der Waals surface area contributed by atoms with Crippen LogP contribution < -0.4 is 10.6 Å². The molecule has 0 aliphatic heterocycles. The molecule has 0 unspecified atom stereocenters. The van der Waals surface area contributed by atoms with Crippen LogP contribution >= 0.6 is 15.9 Å². The zero-order chi connectivity index (χ0) is 14.6. The summed E-state index contributed by atoms with van der Waals surface area (Å²) in [7, 11) is 0. The molecule has 2 N–H and O–H groups in total. The van der Waals surface area contributed by atoms with E-state index in [1.807, 2.05) is 6.07 Å². The lowest BCUT2D eigenvalue weighted by atomic mass is 9.70. The van der Waals surface area contributed by atoms with Crippen LogP contribution in [0.25, 0.3) is 0 Å². The third-order valence-corrected chi connectivity index (χ3v) is 4.31. The number of halogens is 1. The summed E-state index contributed by atoms with van der Waals surface area (Å²) in [6.45, 7) is 5.87. The Balaban J connectivity index is 2.04. The number of nitrogens with zero attached hydrogens (tertiary/aromatic N) is 1. The van der Waals surface area contributed by atoms with Crippen LogP contribution in [0, 0.1) is 5.41 Å². The molecule has 0 saturated heterocycles. The van der Waals surface area contributed by atoms with E-state index in [0.29, 0.717) is 11.4 Å². The van der Waals surface area contributed by atoms with Gasteiger partial charge >= 0.3 is 0 Å². The highest BCUT2D eigenvalue weighted by molar-refractivity contribution is 9.10. The van der Waals surface area contributed by atoms with Gasteiger partial charge in [0.05, 0.1) is 5.56 Å². The average molecular weight is 340 g/mol. The second kappa shape index (κ2) is 6.57. The van der Waals surface area contributed by atoms with Gasteiger partial charge in [0.25, 0.3) is 5.91 Å². The number of carbonyl (C=O) groups is 1. The molecular formula is C15H22BrN3O. The topological polar surface area (TPSA) is 54.0 Å². The first kappa shape index (κ1) is 15.3. The minimum absolute atomic E-state index is 0.0504. The Bertz CT molecular complexity index is 486. The summed E-state index contributed by atoms with van der Waals surface area (Å²) in [6, 6.07) is 1.82. The van der Waals surface area contributed by atoms with Crippen LogP contribution in [0.2, 0.25) is 0 Å². The van der Waals surface area contributed by atoms with Gasteiger partial charge in [0, 0.05) is 23.8 Å². The molecule has 1 fully saturated rings. The molecule has 2 rings (SSSR count). The number of nitrogens with one attached hydrogen (secondary N) is 2. The first-order valence-corrected chi connectivity index (χ1v) is 8.01. The molecule has 1 amide bonds. The fourth-order valence-corrected chi connectivity index (χ4v) is 2.67. The van der Waals surface area contributed by atoms with E-state index in [-0.39, 0.29) is 11.3 Å². The molecule has 20 heavy (non-hydrogen) atoms. The van der Waals surface area contributed by atoms with Gasteiger partial charge in [-0.25, -0.2) is 4.98 Å². The molecule has 4 nitrogen and oxygen atoms in total. The van der Waals surface area contributed by atoms with Gasteiger partial charge in [0.2, 0.25) is 0 Å². The lowest BCUT2D eigenvalue weighted by Gasteiger charge is -2.38. The lowest BCUT2D eigenvalue weighted by Crippen LogP contribution is -2.40. The summed E-state index contributed by atoms with van der Waals surface area (Å²) < 4.78 is 0.819. The van der Waals surface area contributed by atoms with E-state index in [4.69, 9.17) is 0 Å². The van der Waals surface area contributed by atoms with Crippen LogP contribution in [0.4, 0.5) is 5.82 Å². The average Bonchev–Trinajstić information content (AvgIpc) is 2.41. The molecule has 110 valence electrons. The number of hydrogen-bond acceptors (Lipinski definition) is 3. The summed E-state index contributed by atoms with van der Waals surface area (Å²) in [5.41, 5.74) is 0.891. The minimum Gasteiger partial charge on any atom is -0.369 e. The summed E-state index contributed by atoms with van der Waals surface area (Å²) in [5.74, 6) is 0.608. The van der Waals surface area contributed by atoms with Crippen LogP contribution in [0.5, 0.6) is 0 Å². The Morgan fingerprint density at radius 2 is 2.25 bits per heavy atom. The first-order chi connectivity index (χ1) is 9.54. The smallest absolute Gasteiger partial charge is 0.255 e. The molecule has 0 bridgehead atoms. The van der Waals surface area contributed by atoms with Crippen molar-refractivity contribution in [3.8, 4) is 0 Å². The van der Waals surface area contributed by atoms with Crippen molar-refractivity contribution in [2.45, 2.75) is 39.5 Å². The van der Waals surface area contributed by atoms with E-state index in [2.05, 4.69) is 45.4 Å². The summed E-state index contributed by atoms with van der Waals surface area (Å²) in [4.78, 5) is 16.7. The monoisotopic (exact) mass is 339 g/mol. The summed E-state index contributed by atoms with van der Waals surface area (Å²) in [6.07, 6.45) is 6.38. The number of rotatable bonds is 6. The van der Waals surface area contributed by atoms with Gasteiger partial charge in [-0.2, -0.15) is 0 Å². The SMILES string of the molecule is CCCNc1ncc(Br)cc1C(=O)NCC1(C)CCC1. The molecule has 1 heterocycles. The molecule has 5 heteroatoms. The zero-order valence-electron chi connectivity index (χ0n) is 12.1. The van der Waals surface area contributed by atoms with Gasteiger partial charge in [0.15, 0.2) is 0 Å². The number of anilines is 1. The highest BCUT2D eigenvalue weighted by Crippen LogP contribution is 2.39. The maximum atomic E-state index is 12.4. The van der Waals surface area contributed by atoms with Gasteiger partial charge in [-0.1, -0.05) is 20.3 Å². The predicted octanol–water partition coefficient (Wildman–Crippen LogP) is 3.59. The van der Waals surface area contributed by atoms with Crippen molar-refractivity contribution in [3.63, 3.8) is 0 Å². The Labute approximate surface area is 128 Å². The number of aromatic nitrogens is 1. The van der Waals surface area contributed by atoms with E-state index in [1.54, 1.807) is 6.20 Å². The highest BCUT2D eigenvalue weighted by Gasteiger charge is 2.32. The van der Waals surface area contributed by atoms with Gasteiger partial charge in [0.1, 0.15) is 5.82 Å². The first-order valence-electron chi connectivity index (χ1n) is 7.22. The van der Waals surface area contributed by atoms with E-state index in [1.165, 1.54) is 19.3 Å². The molecule has 0 aromatic carbocycles. The van der Waals surface area contributed by atoms with Crippen LogP contribution in [-0.2, 0) is 0 Å². The van der Waals surface area contributed by atoms with E-state index < -0.39 is 0 Å². The molecule has 1 saturated carbocycles. The lowest BCUT2D eigenvalue weighted by molar-refractivity contribution is 0.0891. The van der Waals surface area contributed by atoms with Gasteiger partial charge < -0.3 is 10.6 Å². The van der Waals surface area contributed by atoms with E-state index in [9.17, 15) is 4.79 Å². The van der Waals surface area contributed by atoms with Crippen molar-refractivity contribution < 1.29 is 4.79 Å². The van der Waals surface area contributed by atoms with Crippen LogP contribution in [0.3, 0.4) is 0 Å². The molecule has 0 radical (unpaired) electrons. The normalized spacial score (nSPS) is 16.4. The van der Waals surface area contributed by atoms with Crippen molar-refractivity contribution in [1.29, 1.82) is 0 Å². The van der Waals surface area contributed by atoms with E-state index >= 15 is 0 Å². The summed E-state index contributed by atoms with van der Waals surface area (Å²) in [5, 5.41) is 6.25. The molecule has 1 aliphatic carbocycles. The largest absolute Gasteiger partial charge is 0.369 e. The maximum absolute atomic E-state index is 12.4. The second-order valence-corrected chi connectivity index (χ2v) is 6.74. The van der Waals surface area contributed by atoms with Crippen LogP contribution in [-0.4, -0.2) is 24.0 Å². The van der Waals surface area contributed by atoms with Crippen molar-refractivity contribution in [1.82, 2.24) is 10.3 Å². The minimum atomic E-state index is -0.0504. The zero-order valence-corrected chi connectivity index (χ0v) is 13.7. The molecule has 0 atom stereocenters. The van der Waals surface area contributed by atoms with Gasteiger partial charge in [-0.3, -0.25) is 4.79 Å². The fraction of sp³-hybridized carbons (Fsp3) is 0.600. The molecule has 1 aromatic heterocycles. The number of hydrogen-bond donors (Lipinski definition) is 2. The molecule has 1 aromatic rings. The van der Waals surface area contributed by atoms with Crippen LogP contribution in [0.15, 0.2) is 16.7 Å². The number of pyridine rings is 1. The van der Waals surface area contributed by atoms with Crippen molar-refractivity contribution in [2.24, 2.45) is 5.41 Å². The number of amides is 1. The maximum Gasteiger partial charge on any atom is 0.255 e. The number of carbonyl (C=O) groups excluding carboxylic acids is 1. The quantitative estimate of drug-likeness (QED) is 0.832. The van der Waals surface area contributed by atoms with Crippen LogP contribution in [0.1, 0.15) is 49.9 Å². The Morgan fingerprint density at radius 3 is 2.85 bits per heavy atom. The van der Waals surface area contributed by atoms with E-state index in [0.717, 1.165) is 24.0 Å². The third kappa shape index (κ3) is 3.72. The molecular weight excluding hydrogens is 318 g/mol. The van der Waals surface area contributed by atoms with Crippen molar-refractivity contribution in [3.05, 3.63) is 22.3 Å². The van der Waals surface area contributed by atoms with Crippen molar-refractivity contribution in [2.75, 3.05) is 18.4 Å². The van der Waals surface area contributed by atoms with Gasteiger partial charge in [-0.05, 0) is 46.7 Å². The Hall–Kier alpha value is -1.10. The predicted molar refractivity (Wildman–Crippen MR) is 85.0 cm³/mol. The summed E-state index contributed by atoms with van der Waals surface area (Å²) >= 11 is 3.38. The standard InChI is InChI=1S/C15H22BrN3O/c1-3-7-17-13-12(8-11(16)9-18-13)14(20)19-10-15(2)5-4-6-15/h8-9H,3-7,10H2,1-2H3,(H,17,18)(H,19,20). The fourth-order valence-electron chi connectivity index (χ4n) is 2.34. The van der Waals surface area contributed by atoms with Gasteiger partial charge in [-0.15, -0.1) is 0 Å². The molecule has 0 spiro atoms. The second-order valence-electron chi connectivity index (χ2n) is 5.82. The molecule has 1 aliphatic rings. The Morgan fingerprint density at radius 1 is 1.50 bits per heavy atom. The Kier molecular flexibility index (Phi) is 5.02. The highest BCUT2D eigenvalue weighted by atomic mass is 79.9.